The van der Waals surface area contributed by atoms with Gasteiger partial charge in [-0.05, 0) is 93.9 Å². The molecule has 0 aromatic heterocycles. The van der Waals surface area contributed by atoms with Crippen LogP contribution in [0.4, 0.5) is 0 Å². The van der Waals surface area contributed by atoms with Crippen molar-refractivity contribution in [2.24, 2.45) is 10.8 Å². The normalized spacial score (nSPS) is 27.1. The number of allylic oxidation sites excluding steroid dienone is 4. The molecule has 210 valence electrons. The predicted octanol–water partition coefficient (Wildman–Crippen LogP) is 6.99. The number of carbonyl (C=O) groups is 3. The first kappa shape index (κ1) is 31.8. The highest BCUT2D eigenvalue weighted by molar-refractivity contribution is 7.99. The van der Waals surface area contributed by atoms with Crippen molar-refractivity contribution in [1.29, 1.82) is 0 Å². The third-order valence-corrected chi connectivity index (χ3v) is 10.5. The SMILES string of the molecule is CCOC(=O)C(CSC(C)CC(=O)C1(C)CCCC(C)=C1C)NC(C)CC(=O)C1(C)CCCC(C)=C1C. The maximum atomic E-state index is 13.3. The van der Waals surface area contributed by atoms with Crippen molar-refractivity contribution in [3.05, 3.63) is 22.3 Å². The van der Waals surface area contributed by atoms with Gasteiger partial charge >= 0.3 is 5.97 Å². The summed E-state index contributed by atoms with van der Waals surface area (Å²) in [7, 11) is 0. The predicted molar refractivity (Wildman–Crippen MR) is 155 cm³/mol. The molecule has 0 heterocycles. The van der Waals surface area contributed by atoms with Crippen molar-refractivity contribution in [2.45, 2.75) is 131 Å². The fourth-order valence-electron chi connectivity index (χ4n) is 5.94. The Kier molecular flexibility index (Phi) is 11.7. The number of ether oxygens (including phenoxy) is 1. The third-order valence-electron chi connectivity index (χ3n) is 9.19. The van der Waals surface area contributed by atoms with E-state index in [0.29, 0.717) is 31.0 Å². The molecule has 0 radical (unpaired) electrons. The van der Waals surface area contributed by atoms with Gasteiger partial charge in [0.1, 0.15) is 17.6 Å². The summed E-state index contributed by atoms with van der Waals surface area (Å²) in [6, 6.07) is -0.666. The molecule has 0 saturated carbocycles. The minimum Gasteiger partial charge on any atom is -0.465 e. The Balaban J connectivity index is 1.99. The Bertz CT molecular complexity index is 922. The van der Waals surface area contributed by atoms with E-state index in [1.807, 2.05) is 6.92 Å². The van der Waals surface area contributed by atoms with Gasteiger partial charge in [-0.25, -0.2) is 0 Å². The number of nitrogens with one attached hydrogen (secondary N) is 1. The third kappa shape index (κ3) is 7.81. The molecule has 5 nitrogen and oxygen atoms in total. The van der Waals surface area contributed by atoms with E-state index in [4.69, 9.17) is 4.74 Å². The maximum absolute atomic E-state index is 13.3. The van der Waals surface area contributed by atoms with Crippen LogP contribution in [0.2, 0.25) is 0 Å². The largest absolute Gasteiger partial charge is 0.465 e. The summed E-state index contributed by atoms with van der Waals surface area (Å²) in [6.45, 7) is 18.8. The average molecular weight is 534 g/mol. The molecule has 0 amide bonds. The molecule has 6 heteroatoms. The molecule has 2 aliphatic rings. The topological polar surface area (TPSA) is 72.5 Å². The Labute approximate surface area is 230 Å². The second kappa shape index (κ2) is 13.6. The van der Waals surface area contributed by atoms with Crippen LogP contribution in [0.15, 0.2) is 22.3 Å². The lowest BCUT2D eigenvalue weighted by atomic mass is 9.68. The van der Waals surface area contributed by atoms with Crippen LogP contribution in [0, 0.1) is 10.8 Å². The van der Waals surface area contributed by atoms with Crippen LogP contribution in [0.25, 0.3) is 0 Å². The van der Waals surface area contributed by atoms with E-state index in [9.17, 15) is 14.4 Å². The fraction of sp³-hybridized carbons (Fsp3) is 0.774. The van der Waals surface area contributed by atoms with Gasteiger partial charge in [0, 0.05) is 40.7 Å². The van der Waals surface area contributed by atoms with Gasteiger partial charge in [-0.15, -0.1) is 0 Å². The zero-order valence-electron chi connectivity index (χ0n) is 24.8. The molecular formula is C31H51NO4S. The Hall–Kier alpha value is -1.40. The van der Waals surface area contributed by atoms with Crippen LogP contribution in [0.5, 0.6) is 0 Å². The zero-order valence-corrected chi connectivity index (χ0v) is 25.7. The molecule has 2 aliphatic carbocycles. The van der Waals surface area contributed by atoms with E-state index in [2.05, 4.69) is 53.8 Å². The highest BCUT2D eigenvalue weighted by Gasteiger charge is 2.39. The molecular weight excluding hydrogens is 482 g/mol. The first-order valence-corrected chi connectivity index (χ1v) is 15.3. The average Bonchev–Trinajstić information content (AvgIpc) is 2.83. The molecule has 0 aromatic rings. The van der Waals surface area contributed by atoms with E-state index in [1.165, 1.54) is 22.3 Å². The molecule has 5 unspecified atom stereocenters. The molecule has 0 spiro atoms. The highest BCUT2D eigenvalue weighted by Crippen LogP contribution is 2.43. The summed E-state index contributed by atoms with van der Waals surface area (Å²) >= 11 is 1.63. The molecule has 0 fully saturated rings. The lowest BCUT2D eigenvalue weighted by molar-refractivity contribution is -0.145. The second-order valence-electron chi connectivity index (χ2n) is 12.0. The van der Waals surface area contributed by atoms with Gasteiger partial charge in [0.15, 0.2) is 0 Å². The van der Waals surface area contributed by atoms with Crippen molar-refractivity contribution in [2.75, 3.05) is 12.4 Å². The van der Waals surface area contributed by atoms with Crippen LogP contribution in [-0.4, -0.2) is 47.2 Å². The minimum atomic E-state index is -0.517. The Morgan fingerprint density at radius 2 is 1.38 bits per heavy atom. The molecule has 37 heavy (non-hydrogen) atoms. The molecule has 0 bridgehead atoms. The molecule has 5 atom stereocenters. The number of hydrogen-bond acceptors (Lipinski definition) is 6. The van der Waals surface area contributed by atoms with Gasteiger partial charge in [-0.3, -0.25) is 14.4 Å². The van der Waals surface area contributed by atoms with Gasteiger partial charge in [0.25, 0.3) is 0 Å². The quantitative estimate of drug-likeness (QED) is 0.203. The highest BCUT2D eigenvalue weighted by atomic mass is 32.2. The van der Waals surface area contributed by atoms with Crippen molar-refractivity contribution in [3.63, 3.8) is 0 Å². The lowest BCUT2D eigenvalue weighted by Gasteiger charge is -2.36. The molecule has 0 saturated heterocycles. The van der Waals surface area contributed by atoms with E-state index >= 15 is 0 Å². The van der Waals surface area contributed by atoms with Crippen molar-refractivity contribution in [1.82, 2.24) is 5.32 Å². The van der Waals surface area contributed by atoms with Gasteiger partial charge in [0.2, 0.25) is 0 Å². The van der Waals surface area contributed by atoms with Crippen LogP contribution < -0.4 is 5.32 Å². The van der Waals surface area contributed by atoms with Crippen LogP contribution >= 0.6 is 11.8 Å². The summed E-state index contributed by atoms with van der Waals surface area (Å²) in [5.41, 5.74) is 4.33. The van der Waals surface area contributed by atoms with Crippen molar-refractivity contribution >= 4 is 29.3 Å². The summed E-state index contributed by atoms with van der Waals surface area (Å²) < 4.78 is 5.35. The van der Waals surface area contributed by atoms with E-state index in [0.717, 1.165) is 38.5 Å². The number of hydrogen-bond donors (Lipinski definition) is 1. The van der Waals surface area contributed by atoms with E-state index < -0.39 is 11.5 Å². The molecule has 0 aromatic carbocycles. The second-order valence-corrected chi connectivity index (χ2v) is 13.4. The van der Waals surface area contributed by atoms with Gasteiger partial charge < -0.3 is 10.1 Å². The Morgan fingerprint density at radius 3 is 1.86 bits per heavy atom. The maximum Gasteiger partial charge on any atom is 0.323 e. The summed E-state index contributed by atoms with van der Waals surface area (Å²) in [5.74, 6) is 0.740. The number of ketones is 2. The smallest absolute Gasteiger partial charge is 0.323 e. The van der Waals surface area contributed by atoms with Crippen LogP contribution in [-0.2, 0) is 19.1 Å². The monoisotopic (exact) mass is 533 g/mol. The zero-order chi connectivity index (χ0) is 28.0. The number of carbonyl (C=O) groups excluding carboxylic acids is 3. The summed E-state index contributed by atoms with van der Waals surface area (Å²) in [4.78, 5) is 39.4. The number of rotatable bonds is 13. The standard InChI is InChI=1S/C31H51NO4S/c1-10-36-29(35)26(32-22(4)17-27(33)30(8)15-11-13-20(2)24(30)6)19-37-23(5)18-28(34)31(9)16-12-14-21(3)25(31)7/h22-23,26,32H,10-19H2,1-9H3. The first-order valence-electron chi connectivity index (χ1n) is 14.2. The lowest BCUT2D eigenvalue weighted by Crippen LogP contribution is -2.47. The number of thioether (sulfide) groups is 1. The Morgan fingerprint density at radius 1 is 0.892 bits per heavy atom. The minimum absolute atomic E-state index is 0.0898. The summed E-state index contributed by atoms with van der Waals surface area (Å²) in [6.07, 6.45) is 6.92. The molecule has 0 aliphatic heterocycles. The van der Waals surface area contributed by atoms with Crippen molar-refractivity contribution < 1.29 is 19.1 Å². The molecule has 1 N–H and O–H groups in total. The van der Waals surface area contributed by atoms with Gasteiger partial charge in [-0.1, -0.05) is 29.2 Å². The summed E-state index contributed by atoms with van der Waals surface area (Å²) in [5, 5.41) is 3.47. The van der Waals surface area contributed by atoms with Gasteiger partial charge in [0.05, 0.1) is 6.61 Å². The van der Waals surface area contributed by atoms with Crippen molar-refractivity contribution in [3.8, 4) is 0 Å². The number of Topliss-reactive ketones (excluding diaryl/α,β-unsaturated/α-hetero) is 2. The van der Waals surface area contributed by atoms with Crippen LogP contribution in [0.1, 0.15) is 114 Å². The first-order chi connectivity index (χ1) is 17.3. The van der Waals surface area contributed by atoms with E-state index in [1.54, 1.807) is 18.7 Å². The van der Waals surface area contributed by atoms with E-state index in [-0.39, 0.29) is 28.5 Å². The number of esters is 1. The molecule has 2 rings (SSSR count). The van der Waals surface area contributed by atoms with Crippen LogP contribution in [0.3, 0.4) is 0 Å². The van der Waals surface area contributed by atoms with Gasteiger partial charge in [-0.2, -0.15) is 11.8 Å². The fourth-order valence-corrected chi connectivity index (χ4v) is 6.96.